The molecular formula is C40H41F2N4O+. The minimum atomic E-state index is -0.742. The van der Waals surface area contributed by atoms with E-state index in [2.05, 4.69) is 37.2 Å². The van der Waals surface area contributed by atoms with Crippen LogP contribution in [0.4, 0.5) is 8.78 Å². The second-order valence-corrected chi connectivity index (χ2v) is 13.2. The molecule has 1 heterocycles. The molecule has 1 aliphatic rings. The predicted molar refractivity (Wildman–Crippen MR) is 181 cm³/mol. The molecule has 0 amide bonds. The molecule has 7 heteroatoms. The fraction of sp³-hybridized carbons (Fsp3) is 0.300. The van der Waals surface area contributed by atoms with Crippen LogP contribution in [0.3, 0.4) is 0 Å². The smallest absolute Gasteiger partial charge is 0.123 e. The number of hydrogen-bond donors (Lipinski definition) is 0. The third-order valence-corrected chi connectivity index (χ3v) is 8.95. The van der Waals surface area contributed by atoms with Crippen molar-refractivity contribution in [1.82, 2.24) is 4.90 Å². The Kier molecular flexibility index (Phi) is 10.3. The first-order valence-corrected chi connectivity index (χ1v) is 15.9. The van der Waals surface area contributed by atoms with Crippen molar-refractivity contribution < 1.29 is 18.0 Å². The molecule has 1 unspecified atom stereocenters. The van der Waals surface area contributed by atoms with Gasteiger partial charge < -0.3 is 14.1 Å². The molecule has 0 aromatic heterocycles. The van der Waals surface area contributed by atoms with Crippen molar-refractivity contribution in [3.05, 3.63) is 147 Å². The Morgan fingerprint density at radius 3 is 2.19 bits per heavy atom. The van der Waals surface area contributed by atoms with Crippen molar-refractivity contribution in [2.75, 3.05) is 41.3 Å². The summed E-state index contributed by atoms with van der Waals surface area (Å²) in [4.78, 5) is 2.13. The number of benzene rings is 4. The lowest BCUT2D eigenvalue weighted by atomic mass is 9.81. The summed E-state index contributed by atoms with van der Waals surface area (Å²) in [5.41, 5.74) is 7.37. The van der Waals surface area contributed by atoms with E-state index < -0.39 is 5.60 Å². The van der Waals surface area contributed by atoms with Gasteiger partial charge in [-0.1, -0.05) is 42.5 Å². The first-order chi connectivity index (χ1) is 22.5. The zero-order valence-electron chi connectivity index (χ0n) is 27.6. The van der Waals surface area contributed by atoms with Crippen molar-refractivity contribution in [3.8, 4) is 12.1 Å². The summed E-state index contributed by atoms with van der Waals surface area (Å²) in [6.45, 7) is 2.74. The highest BCUT2D eigenvalue weighted by Crippen LogP contribution is 2.46. The van der Waals surface area contributed by atoms with E-state index >= 15 is 0 Å². The van der Waals surface area contributed by atoms with Gasteiger partial charge in [0.05, 0.1) is 50.5 Å². The quantitative estimate of drug-likeness (QED) is 0.149. The summed E-state index contributed by atoms with van der Waals surface area (Å²) in [6, 6.07) is 29.2. The second-order valence-electron chi connectivity index (χ2n) is 13.2. The van der Waals surface area contributed by atoms with Gasteiger partial charge in [0.25, 0.3) is 0 Å². The standard InChI is InChI=1S/C40H41F2N4O/c1-45(2)21-5-7-37(31-10-14-35(41)15-11-31)38-18-8-29(25-43)23-32(38)27-46(3,4)22-6-20-40(34-12-16-36(42)17-13-34)39-19-9-30(26-44)24-33(39)28-47-40/h7-19,23-24H,5-6,20-22,27-28H2,1-4H3/q+1/b37-7-. The third-order valence-electron chi connectivity index (χ3n) is 8.95. The average molecular weight is 632 g/mol. The molecule has 5 rings (SSSR count). The van der Waals surface area contributed by atoms with Gasteiger partial charge in [-0.05, 0) is 115 Å². The first-order valence-electron chi connectivity index (χ1n) is 15.9. The van der Waals surface area contributed by atoms with Gasteiger partial charge >= 0.3 is 0 Å². The average Bonchev–Trinajstić information content (AvgIpc) is 3.42. The van der Waals surface area contributed by atoms with Crippen LogP contribution >= 0.6 is 0 Å². The van der Waals surface area contributed by atoms with Gasteiger partial charge in [-0.2, -0.15) is 10.5 Å². The van der Waals surface area contributed by atoms with Gasteiger partial charge in [-0.25, -0.2) is 8.78 Å². The maximum absolute atomic E-state index is 14.0. The topological polar surface area (TPSA) is 60.1 Å². The van der Waals surface area contributed by atoms with Crippen molar-refractivity contribution in [1.29, 1.82) is 10.5 Å². The summed E-state index contributed by atoms with van der Waals surface area (Å²) in [7, 11) is 8.45. The largest absolute Gasteiger partial charge is 0.361 e. The molecule has 0 radical (unpaired) electrons. The Morgan fingerprint density at radius 1 is 0.894 bits per heavy atom. The number of fused-ring (bicyclic) bond motifs is 1. The number of quaternary nitrogens is 1. The van der Waals surface area contributed by atoms with Crippen LogP contribution in [-0.4, -0.2) is 50.7 Å². The summed E-state index contributed by atoms with van der Waals surface area (Å²) in [6.07, 6.45) is 4.51. The van der Waals surface area contributed by atoms with E-state index in [4.69, 9.17) is 4.74 Å². The van der Waals surface area contributed by atoms with Crippen LogP contribution in [0.5, 0.6) is 0 Å². The molecule has 0 saturated carbocycles. The van der Waals surface area contributed by atoms with Gasteiger partial charge in [0.2, 0.25) is 0 Å². The van der Waals surface area contributed by atoms with E-state index in [1.54, 1.807) is 12.1 Å². The molecule has 1 aliphatic heterocycles. The Bertz CT molecular complexity index is 1830. The number of nitrogens with zero attached hydrogens (tertiary/aromatic N) is 4. The van der Waals surface area contributed by atoms with Crippen molar-refractivity contribution in [2.24, 2.45) is 0 Å². The van der Waals surface area contributed by atoms with E-state index in [0.717, 1.165) is 64.9 Å². The second kappa shape index (κ2) is 14.4. The molecule has 0 N–H and O–H groups in total. The van der Waals surface area contributed by atoms with E-state index in [-0.39, 0.29) is 11.6 Å². The molecule has 4 aromatic rings. The van der Waals surface area contributed by atoms with E-state index in [1.807, 2.05) is 62.6 Å². The van der Waals surface area contributed by atoms with Crippen LogP contribution in [0.2, 0.25) is 0 Å². The molecule has 0 aliphatic carbocycles. The highest BCUT2D eigenvalue weighted by atomic mass is 19.1. The molecule has 0 saturated heterocycles. The van der Waals surface area contributed by atoms with Crippen molar-refractivity contribution in [3.63, 3.8) is 0 Å². The Morgan fingerprint density at radius 2 is 1.53 bits per heavy atom. The molecular weight excluding hydrogens is 590 g/mol. The highest BCUT2D eigenvalue weighted by Gasteiger charge is 2.42. The van der Waals surface area contributed by atoms with Gasteiger partial charge in [0.1, 0.15) is 23.8 Å². The van der Waals surface area contributed by atoms with Gasteiger partial charge in [-0.3, -0.25) is 0 Å². The lowest BCUT2D eigenvalue weighted by Gasteiger charge is -2.34. The third kappa shape index (κ3) is 7.84. The summed E-state index contributed by atoms with van der Waals surface area (Å²) < 4.78 is 35.1. The van der Waals surface area contributed by atoms with Gasteiger partial charge in [0.15, 0.2) is 0 Å². The molecule has 240 valence electrons. The molecule has 0 spiro atoms. The molecule has 4 aromatic carbocycles. The minimum Gasteiger partial charge on any atom is -0.361 e. The van der Waals surface area contributed by atoms with Gasteiger partial charge in [0, 0.05) is 12.1 Å². The Labute approximate surface area is 277 Å². The number of ether oxygens (including phenoxy) is 1. The Hall–Kier alpha value is -4.66. The van der Waals surface area contributed by atoms with Gasteiger partial charge in [-0.15, -0.1) is 0 Å². The fourth-order valence-electron chi connectivity index (χ4n) is 6.60. The fourth-order valence-corrected chi connectivity index (χ4v) is 6.60. The SMILES string of the molecule is CN(C)CC/C=C(/c1ccc(F)cc1)c1ccc(C#N)cc1C[N+](C)(C)CCCC1(c2ccc(F)cc2)OCc2cc(C#N)ccc21. The number of hydrogen-bond acceptors (Lipinski definition) is 4. The van der Waals surface area contributed by atoms with Crippen molar-refractivity contribution in [2.45, 2.75) is 38.0 Å². The molecule has 1 atom stereocenters. The predicted octanol–water partition coefficient (Wildman–Crippen LogP) is 7.92. The zero-order valence-corrected chi connectivity index (χ0v) is 27.6. The highest BCUT2D eigenvalue weighted by molar-refractivity contribution is 5.81. The minimum absolute atomic E-state index is 0.281. The van der Waals surface area contributed by atoms with E-state index in [9.17, 15) is 19.3 Å². The van der Waals surface area contributed by atoms with Crippen molar-refractivity contribution >= 4 is 5.57 Å². The zero-order chi connectivity index (χ0) is 33.6. The maximum atomic E-state index is 14.0. The normalized spacial score (nSPS) is 16.1. The van der Waals surface area contributed by atoms with Crippen LogP contribution in [0.15, 0.2) is 91.0 Å². The van der Waals surface area contributed by atoms with Crippen LogP contribution in [0.1, 0.15) is 63.8 Å². The summed E-state index contributed by atoms with van der Waals surface area (Å²) in [5, 5.41) is 19.3. The molecule has 5 nitrogen and oxygen atoms in total. The van der Waals surface area contributed by atoms with Crippen LogP contribution in [-0.2, 0) is 23.5 Å². The first kappa shape index (κ1) is 33.7. The summed E-state index contributed by atoms with van der Waals surface area (Å²) in [5.74, 6) is -0.581. The molecule has 0 bridgehead atoms. The van der Waals surface area contributed by atoms with Crippen LogP contribution < -0.4 is 0 Å². The maximum Gasteiger partial charge on any atom is 0.123 e. The lowest BCUT2D eigenvalue weighted by Crippen LogP contribution is -2.41. The lowest BCUT2D eigenvalue weighted by molar-refractivity contribution is -0.903. The number of halogens is 2. The molecule has 47 heavy (non-hydrogen) atoms. The van der Waals surface area contributed by atoms with Crippen LogP contribution in [0.25, 0.3) is 5.57 Å². The Balaban J connectivity index is 1.43. The van der Waals surface area contributed by atoms with E-state index in [1.165, 1.54) is 24.3 Å². The number of nitriles is 2. The monoisotopic (exact) mass is 631 g/mol. The van der Waals surface area contributed by atoms with Crippen LogP contribution in [0, 0.1) is 34.3 Å². The molecule has 0 fully saturated rings. The number of rotatable bonds is 12. The summed E-state index contributed by atoms with van der Waals surface area (Å²) >= 11 is 0. The van der Waals surface area contributed by atoms with E-state index in [0.29, 0.717) is 35.2 Å².